The normalized spacial score (nSPS) is 14.3. The summed E-state index contributed by atoms with van der Waals surface area (Å²) in [4.78, 5) is 12.3. The highest BCUT2D eigenvalue weighted by Crippen LogP contribution is 2.25. The molecule has 0 aromatic heterocycles. The lowest BCUT2D eigenvalue weighted by molar-refractivity contribution is -0.115. The minimum Gasteiger partial charge on any atom is -0.493 e. The summed E-state index contributed by atoms with van der Waals surface area (Å²) >= 11 is 0. The van der Waals surface area contributed by atoms with Gasteiger partial charge in [0, 0.05) is 30.7 Å². The summed E-state index contributed by atoms with van der Waals surface area (Å²) < 4.78 is 11.4. The van der Waals surface area contributed by atoms with Gasteiger partial charge in [-0.15, -0.1) is 12.4 Å². The molecule has 3 N–H and O–H groups in total. The summed E-state index contributed by atoms with van der Waals surface area (Å²) in [5, 5.41) is 2.94. The number of hydrogen-bond donors (Lipinski definition) is 2. The Bertz CT molecular complexity index is 744. The average molecular weight is 391 g/mol. The number of carbonyl (C=O) groups excluding carboxylic acids is 1. The Labute approximate surface area is 166 Å². The molecular weight excluding hydrogens is 364 g/mol. The van der Waals surface area contributed by atoms with Crippen LogP contribution in [0.15, 0.2) is 42.5 Å². The molecule has 0 unspecified atom stereocenters. The number of aryl methyl sites for hydroxylation is 1. The Kier molecular flexibility index (Phi) is 7.95. The maximum absolute atomic E-state index is 12.3. The van der Waals surface area contributed by atoms with E-state index in [1.54, 1.807) is 12.1 Å². The molecule has 3 rings (SSSR count). The maximum atomic E-state index is 12.3. The third-order valence-corrected chi connectivity index (χ3v) is 4.63. The molecule has 0 atom stereocenters. The van der Waals surface area contributed by atoms with Crippen molar-refractivity contribution in [1.82, 2.24) is 0 Å². The second-order valence-corrected chi connectivity index (χ2v) is 6.81. The molecule has 0 saturated carbocycles. The number of nitrogens with one attached hydrogen (secondary N) is 1. The third kappa shape index (κ3) is 6.45. The third-order valence-electron chi connectivity index (χ3n) is 4.63. The van der Waals surface area contributed by atoms with Crippen LogP contribution in [0.4, 0.5) is 11.4 Å². The molecule has 1 aliphatic heterocycles. The molecule has 0 radical (unpaired) electrons. The fraction of sp³-hybridized carbons (Fsp3) is 0.381. The Morgan fingerprint density at radius 3 is 2.59 bits per heavy atom. The zero-order valence-corrected chi connectivity index (χ0v) is 16.4. The zero-order chi connectivity index (χ0) is 18.4. The lowest BCUT2D eigenvalue weighted by atomic mass is 10.0. The van der Waals surface area contributed by atoms with Crippen LogP contribution in [0.5, 0.6) is 5.75 Å². The van der Waals surface area contributed by atoms with E-state index in [9.17, 15) is 4.79 Å². The summed E-state index contributed by atoms with van der Waals surface area (Å²) in [5.74, 6) is 1.29. The van der Waals surface area contributed by atoms with Crippen LogP contribution in [-0.2, 0) is 16.0 Å². The fourth-order valence-corrected chi connectivity index (χ4v) is 2.98. The molecule has 0 spiro atoms. The van der Waals surface area contributed by atoms with Crippen LogP contribution in [-0.4, -0.2) is 25.7 Å². The molecule has 2 aromatic carbocycles. The van der Waals surface area contributed by atoms with Gasteiger partial charge < -0.3 is 20.5 Å². The van der Waals surface area contributed by atoms with Crippen molar-refractivity contribution in [3.8, 4) is 5.75 Å². The van der Waals surface area contributed by atoms with Crippen molar-refractivity contribution in [2.24, 2.45) is 5.92 Å². The number of carbonyl (C=O) groups is 1. The minimum atomic E-state index is -0.0611. The molecule has 6 heteroatoms. The summed E-state index contributed by atoms with van der Waals surface area (Å²) in [6.45, 7) is 4.33. The number of benzene rings is 2. The molecule has 0 aliphatic carbocycles. The van der Waals surface area contributed by atoms with Gasteiger partial charge in [0.15, 0.2) is 0 Å². The first kappa shape index (κ1) is 21.1. The van der Waals surface area contributed by atoms with Gasteiger partial charge in [-0.3, -0.25) is 4.79 Å². The lowest BCUT2D eigenvalue weighted by Gasteiger charge is -2.22. The Balaban J connectivity index is 0.00000261. The van der Waals surface area contributed by atoms with Crippen molar-refractivity contribution < 1.29 is 14.3 Å². The van der Waals surface area contributed by atoms with Crippen LogP contribution >= 0.6 is 12.4 Å². The SMILES string of the molecule is Cc1ccc(NC(=O)Cc2ccc(N)cc2)cc1OCC1CCOCC1.Cl. The fourth-order valence-electron chi connectivity index (χ4n) is 2.98. The van der Waals surface area contributed by atoms with Gasteiger partial charge in [-0.2, -0.15) is 0 Å². The molecular formula is C21H27ClN2O3. The first-order chi connectivity index (χ1) is 12.6. The van der Waals surface area contributed by atoms with Crippen molar-refractivity contribution in [1.29, 1.82) is 0 Å². The van der Waals surface area contributed by atoms with E-state index in [-0.39, 0.29) is 18.3 Å². The second kappa shape index (κ2) is 10.2. The molecule has 1 heterocycles. The van der Waals surface area contributed by atoms with Crippen LogP contribution < -0.4 is 15.8 Å². The van der Waals surface area contributed by atoms with E-state index in [2.05, 4.69) is 5.32 Å². The van der Waals surface area contributed by atoms with E-state index >= 15 is 0 Å². The van der Waals surface area contributed by atoms with Crippen molar-refractivity contribution >= 4 is 29.7 Å². The van der Waals surface area contributed by atoms with Gasteiger partial charge >= 0.3 is 0 Å². The van der Waals surface area contributed by atoms with Gasteiger partial charge in [-0.25, -0.2) is 0 Å². The number of nitrogen functional groups attached to an aromatic ring is 1. The molecule has 1 aliphatic rings. The topological polar surface area (TPSA) is 73.6 Å². The van der Waals surface area contributed by atoms with Crippen LogP contribution in [0.1, 0.15) is 24.0 Å². The van der Waals surface area contributed by atoms with E-state index in [0.717, 1.165) is 48.6 Å². The molecule has 1 fully saturated rings. The number of amides is 1. The highest BCUT2D eigenvalue weighted by Gasteiger charge is 2.15. The molecule has 27 heavy (non-hydrogen) atoms. The minimum absolute atomic E-state index is 0. The summed E-state index contributed by atoms with van der Waals surface area (Å²) in [5.41, 5.74) is 9.11. The smallest absolute Gasteiger partial charge is 0.228 e. The van der Waals surface area contributed by atoms with Gasteiger partial charge in [-0.05, 0) is 55.0 Å². The standard InChI is InChI=1S/C21H26N2O3.ClH/c1-15-2-7-19(13-20(15)26-14-17-8-10-25-11-9-17)23-21(24)12-16-3-5-18(22)6-4-16;/h2-7,13,17H,8-12,14,22H2,1H3,(H,23,24);1H. The molecule has 2 aromatic rings. The quantitative estimate of drug-likeness (QED) is 0.731. The summed E-state index contributed by atoms with van der Waals surface area (Å²) in [6, 6.07) is 13.1. The van der Waals surface area contributed by atoms with Gasteiger partial charge in [-0.1, -0.05) is 18.2 Å². The lowest BCUT2D eigenvalue weighted by Crippen LogP contribution is -2.21. The number of ether oxygens (including phenoxy) is 2. The Morgan fingerprint density at radius 1 is 1.19 bits per heavy atom. The van der Waals surface area contributed by atoms with Crippen LogP contribution in [0.3, 0.4) is 0 Å². The molecule has 0 bridgehead atoms. The van der Waals surface area contributed by atoms with Crippen molar-refractivity contribution in [2.75, 3.05) is 30.9 Å². The average Bonchev–Trinajstić information content (AvgIpc) is 2.65. The largest absolute Gasteiger partial charge is 0.493 e. The molecule has 5 nitrogen and oxygen atoms in total. The monoisotopic (exact) mass is 390 g/mol. The number of halogens is 1. The van der Waals surface area contributed by atoms with Gasteiger partial charge in [0.25, 0.3) is 0 Å². The second-order valence-electron chi connectivity index (χ2n) is 6.81. The van der Waals surface area contributed by atoms with E-state index in [4.69, 9.17) is 15.2 Å². The predicted octanol–water partition coefficient (Wildman–Crippen LogP) is 3.99. The Morgan fingerprint density at radius 2 is 1.89 bits per heavy atom. The van der Waals surface area contributed by atoms with Crippen molar-refractivity contribution in [3.05, 3.63) is 53.6 Å². The number of hydrogen-bond acceptors (Lipinski definition) is 4. The zero-order valence-electron chi connectivity index (χ0n) is 15.6. The van der Waals surface area contributed by atoms with E-state index in [1.807, 2.05) is 37.3 Å². The van der Waals surface area contributed by atoms with Gasteiger partial charge in [0.1, 0.15) is 5.75 Å². The summed E-state index contributed by atoms with van der Waals surface area (Å²) in [6.07, 6.45) is 2.39. The van der Waals surface area contributed by atoms with Crippen molar-refractivity contribution in [2.45, 2.75) is 26.2 Å². The highest BCUT2D eigenvalue weighted by atomic mass is 35.5. The highest BCUT2D eigenvalue weighted by molar-refractivity contribution is 5.92. The number of anilines is 2. The van der Waals surface area contributed by atoms with Crippen LogP contribution in [0.2, 0.25) is 0 Å². The van der Waals surface area contributed by atoms with E-state index in [1.165, 1.54) is 0 Å². The molecule has 1 saturated heterocycles. The number of rotatable bonds is 6. The van der Waals surface area contributed by atoms with E-state index < -0.39 is 0 Å². The van der Waals surface area contributed by atoms with Crippen LogP contribution in [0.25, 0.3) is 0 Å². The summed E-state index contributed by atoms with van der Waals surface area (Å²) in [7, 11) is 0. The first-order valence-electron chi connectivity index (χ1n) is 9.05. The molecule has 146 valence electrons. The molecule has 1 amide bonds. The van der Waals surface area contributed by atoms with Gasteiger partial charge in [0.05, 0.1) is 13.0 Å². The van der Waals surface area contributed by atoms with Crippen molar-refractivity contribution in [3.63, 3.8) is 0 Å². The van der Waals surface area contributed by atoms with Gasteiger partial charge in [0.2, 0.25) is 5.91 Å². The van der Waals surface area contributed by atoms with E-state index in [0.29, 0.717) is 24.6 Å². The first-order valence-corrected chi connectivity index (χ1v) is 9.05. The maximum Gasteiger partial charge on any atom is 0.228 e. The Hall–Kier alpha value is -2.24. The number of nitrogens with two attached hydrogens (primary N) is 1. The van der Waals surface area contributed by atoms with Crippen LogP contribution in [0, 0.1) is 12.8 Å². The predicted molar refractivity (Wildman–Crippen MR) is 111 cm³/mol.